The van der Waals surface area contributed by atoms with E-state index in [0.717, 1.165) is 0 Å². The maximum atomic E-state index is 13.1. The lowest BCUT2D eigenvalue weighted by Gasteiger charge is -2.22. The Morgan fingerprint density at radius 1 is 1.36 bits per heavy atom. The Kier molecular flexibility index (Phi) is 4.01. The Bertz CT molecular complexity index is 824. The van der Waals surface area contributed by atoms with Gasteiger partial charge in [-0.15, -0.1) is 10.2 Å². The average molecular weight is 366 g/mol. The lowest BCUT2D eigenvalue weighted by molar-refractivity contribution is 0.0673. The van der Waals surface area contributed by atoms with Crippen LogP contribution < -0.4 is 9.47 Å². The number of likely N-dealkylation sites (tertiary alicyclic amines) is 1. The number of aryl methyl sites for hydroxylation is 1. The zero-order valence-electron chi connectivity index (χ0n) is 13.7. The minimum atomic E-state index is -0.345. The van der Waals surface area contributed by atoms with E-state index in [4.69, 9.17) is 30.2 Å². The van der Waals surface area contributed by atoms with Gasteiger partial charge in [0.05, 0.1) is 11.1 Å². The highest BCUT2D eigenvalue weighted by Gasteiger charge is 2.40. The number of halogens is 1. The van der Waals surface area contributed by atoms with Gasteiger partial charge in [-0.25, -0.2) is 0 Å². The van der Waals surface area contributed by atoms with E-state index in [2.05, 4.69) is 10.2 Å². The van der Waals surface area contributed by atoms with Gasteiger partial charge in [0.1, 0.15) is 6.04 Å². The van der Waals surface area contributed by atoms with Gasteiger partial charge >= 0.3 is 0 Å². The molecule has 8 nitrogen and oxygen atoms in total. The molecule has 3 heterocycles. The van der Waals surface area contributed by atoms with Crippen molar-refractivity contribution in [3.63, 3.8) is 0 Å². The molecule has 4 rings (SSSR count). The van der Waals surface area contributed by atoms with Gasteiger partial charge in [0.2, 0.25) is 18.6 Å². The van der Waals surface area contributed by atoms with Crippen LogP contribution in [0.1, 0.15) is 34.6 Å². The number of amides is 1. The molecule has 2 aromatic rings. The van der Waals surface area contributed by atoms with E-state index in [1.807, 2.05) is 0 Å². The number of aromatic nitrogens is 2. The van der Waals surface area contributed by atoms with E-state index in [9.17, 15) is 4.79 Å². The first kappa shape index (κ1) is 16.2. The number of carbonyl (C=O) groups is 1. The minimum Gasteiger partial charge on any atom is -0.454 e. The predicted octanol–water partition coefficient (Wildman–Crippen LogP) is 2.36. The summed E-state index contributed by atoms with van der Waals surface area (Å²) in [5.74, 6) is 1.56. The summed E-state index contributed by atoms with van der Waals surface area (Å²) in [6.07, 6.45) is 0.480. The van der Waals surface area contributed by atoms with Gasteiger partial charge < -0.3 is 23.5 Å². The molecule has 0 radical (unpaired) electrons. The van der Waals surface area contributed by atoms with Crippen molar-refractivity contribution < 1.29 is 23.4 Å². The van der Waals surface area contributed by atoms with Gasteiger partial charge in [-0.1, -0.05) is 11.6 Å². The second kappa shape index (κ2) is 6.20. The third-order valence-electron chi connectivity index (χ3n) is 4.36. The fourth-order valence-corrected chi connectivity index (χ4v) is 3.40. The number of fused-ring (bicyclic) bond motifs is 1. The quantitative estimate of drug-likeness (QED) is 0.825. The molecule has 0 aliphatic carbocycles. The van der Waals surface area contributed by atoms with Crippen LogP contribution in [0, 0.1) is 6.92 Å². The molecule has 2 atom stereocenters. The van der Waals surface area contributed by atoms with Gasteiger partial charge in [0, 0.05) is 32.6 Å². The SMILES string of the molecule is CO[C@H]1C[C@H](c2nnc(C)o2)N(C(=O)c2cc(Cl)c3c(c2)OCO3)C1. The number of hydrogen-bond donors (Lipinski definition) is 0. The fourth-order valence-electron chi connectivity index (χ4n) is 3.13. The highest BCUT2D eigenvalue weighted by molar-refractivity contribution is 6.32. The molecule has 1 amide bonds. The Hall–Kier alpha value is -2.32. The van der Waals surface area contributed by atoms with Gasteiger partial charge in [0.25, 0.3) is 5.91 Å². The average Bonchev–Trinajstić information content (AvgIpc) is 3.32. The second-order valence-corrected chi connectivity index (χ2v) is 6.33. The number of benzene rings is 1. The van der Waals surface area contributed by atoms with E-state index in [1.165, 1.54) is 0 Å². The molecule has 0 N–H and O–H groups in total. The molecule has 1 aromatic carbocycles. The van der Waals surface area contributed by atoms with Crippen LogP contribution in [0.25, 0.3) is 0 Å². The molecule has 2 aliphatic heterocycles. The summed E-state index contributed by atoms with van der Waals surface area (Å²) < 4.78 is 21.6. The Morgan fingerprint density at radius 3 is 2.92 bits per heavy atom. The van der Waals surface area contributed by atoms with Crippen LogP contribution in [-0.4, -0.2) is 47.6 Å². The summed E-state index contributed by atoms with van der Waals surface area (Å²) in [6, 6.07) is 2.86. The van der Waals surface area contributed by atoms with Crippen molar-refractivity contribution in [2.45, 2.75) is 25.5 Å². The second-order valence-electron chi connectivity index (χ2n) is 5.92. The van der Waals surface area contributed by atoms with Crippen molar-refractivity contribution in [1.82, 2.24) is 15.1 Å². The van der Waals surface area contributed by atoms with Crippen LogP contribution in [0.5, 0.6) is 11.5 Å². The van der Waals surface area contributed by atoms with E-state index in [0.29, 0.717) is 46.8 Å². The Balaban J connectivity index is 1.66. The summed E-state index contributed by atoms with van der Waals surface area (Å²) in [4.78, 5) is 14.7. The van der Waals surface area contributed by atoms with Crippen molar-refractivity contribution in [3.8, 4) is 11.5 Å². The summed E-state index contributed by atoms with van der Waals surface area (Å²) in [5, 5.41) is 8.26. The molecule has 2 aliphatic rings. The van der Waals surface area contributed by atoms with Crippen molar-refractivity contribution in [1.29, 1.82) is 0 Å². The standard InChI is InChI=1S/C16H16ClN3O5/c1-8-18-19-15(25-8)12-5-10(22-2)6-20(12)16(21)9-3-11(17)14-13(4-9)23-7-24-14/h3-4,10,12H,5-7H2,1-2H3/t10-,12+/m0/s1. The zero-order chi connectivity index (χ0) is 17.6. The Labute approximate surface area is 148 Å². The van der Waals surface area contributed by atoms with Crippen molar-refractivity contribution in [2.75, 3.05) is 20.4 Å². The molecule has 25 heavy (non-hydrogen) atoms. The molecule has 9 heteroatoms. The Morgan fingerprint density at radius 2 is 2.20 bits per heavy atom. The van der Waals surface area contributed by atoms with E-state index in [-0.39, 0.29) is 24.8 Å². The summed E-state index contributed by atoms with van der Waals surface area (Å²) >= 11 is 6.20. The van der Waals surface area contributed by atoms with E-state index in [1.54, 1.807) is 31.1 Å². The summed E-state index contributed by atoms with van der Waals surface area (Å²) in [7, 11) is 1.62. The van der Waals surface area contributed by atoms with Crippen LogP contribution in [-0.2, 0) is 4.74 Å². The molecular formula is C16H16ClN3O5. The molecule has 1 fully saturated rings. The molecule has 132 valence electrons. The third kappa shape index (κ3) is 2.81. The first-order valence-electron chi connectivity index (χ1n) is 7.79. The van der Waals surface area contributed by atoms with Gasteiger partial charge in [-0.3, -0.25) is 4.79 Å². The maximum Gasteiger partial charge on any atom is 0.254 e. The van der Waals surface area contributed by atoms with Crippen LogP contribution >= 0.6 is 11.6 Å². The first-order valence-corrected chi connectivity index (χ1v) is 8.17. The van der Waals surface area contributed by atoms with Crippen LogP contribution in [0.4, 0.5) is 0 Å². The van der Waals surface area contributed by atoms with Crippen LogP contribution in [0.2, 0.25) is 5.02 Å². The van der Waals surface area contributed by atoms with Gasteiger partial charge in [-0.2, -0.15) is 0 Å². The lowest BCUT2D eigenvalue weighted by atomic mass is 10.1. The van der Waals surface area contributed by atoms with Crippen molar-refractivity contribution in [3.05, 3.63) is 34.5 Å². The normalized spacial score (nSPS) is 21.8. The smallest absolute Gasteiger partial charge is 0.254 e. The highest BCUT2D eigenvalue weighted by atomic mass is 35.5. The predicted molar refractivity (Wildman–Crippen MR) is 85.8 cm³/mol. The lowest BCUT2D eigenvalue weighted by Crippen LogP contribution is -2.32. The highest BCUT2D eigenvalue weighted by Crippen LogP contribution is 2.41. The molecular weight excluding hydrogens is 350 g/mol. The number of rotatable bonds is 3. The summed E-state index contributed by atoms with van der Waals surface area (Å²) in [6.45, 7) is 2.22. The molecule has 1 saturated heterocycles. The molecule has 0 unspecified atom stereocenters. The first-order chi connectivity index (χ1) is 12.1. The van der Waals surface area contributed by atoms with Crippen LogP contribution in [0.15, 0.2) is 16.5 Å². The third-order valence-corrected chi connectivity index (χ3v) is 4.64. The number of hydrogen-bond acceptors (Lipinski definition) is 7. The number of ether oxygens (including phenoxy) is 3. The molecule has 1 aromatic heterocycles. The van der Waals surface area contributed by atoms with Crippen molar-refractivity contribution in [2.24, 2.45) is 0 Å². The van der Waals surface area contributed by atoms with E-state index >= 15 is 0 Å². The van der Waals surface area contributed by atoms with Crippen molar-refractivity contribution >= 4 is 17.5 Å². The van der Waals surface area contributed by atoms with E-state index < -0.39 is 0 Å². The summed E-state index contributed by atoms with van der Waals surface area (Å²) in [5.41, 5.74) is 0.409. The van der Waals surface area contributed by atoms with Crippen LogP contribution in [0.3, 0.4) is 0 Å². The zero-order valence-corrected chi connectivity index (χ0v) is 14.4. The van der Waals surface area contributed by atoms with Gasteiger partial charge in [0.15, 0.2) is 11.5 Å². The molecule has 0 bridgehead atoms. The topological polar surface area (TPSA) is 86.9 Å². The monoisotopic (exact) mass is 365 g/mol. The number of nitrogens with zero attached hydrogens (tertiary/aromatic N) is 3. The maximum absolute atomic E-state index is 13.1. The molecule has 0 saturated carbocycles. The fraction of sp³-hybridized carbons (Fsp3) is 0.438. The minimum absolute atomic E-state index is 0.0893. The largest absolute Gasteiger partial charge is 0.454 e. The number of methoxy groups -OCH3 is 1. The van der Waals surface area contributed by atoms with Gasteiger partial charge in [-0.05, 0) is 12.1 Å². The number of carbonyl (C=O) groups excluding carboxylic acids is 1. The molecule has 0 spiro atoms.